The number of sulfonamides is 1. The van der Waals surface area contributed by atoms with Crippen LogP contribution >= 0.6 is 0 Å². The van der Waals surface area contributed by atoms with E-state index in [1.807, 2.05) is 20.8 Å². The maximum atomic E-state index is 12.7. The Morgan fingerprint density at radius 2 is 2.14 bits per heavy atom. The van der Waals surface area contributed by atoms with E-state index in [4.69, 9.17) is 10.5 Å². The molecular formula is C15H24N2O3S. The largest absolute Gasteiger partial charge is 0.494 e. The molecule has 1 aromatic rings. The summed E-state index contributed by atoms with van der Waals surface area (Å²) in [5.41, 5.74) is 6.79. The maximum Gasteiger partial charge on any atom is 0.243 e. The van der Waals surface area contributed by atoms with Crippen LogP contribution in [0.5, 0.6) is 5.75 Å². The van der Waals surface area contributed by atoms with Gasteiger partial charge in [0, 0.05) is 19.1 Å². The standard InChI is InChI=1S/C15H24N2O3S/c1-4-20-15-6-5-13(9-11(15)2)21(18,19)17-8-7-14(16)12(3)10-17/h5-6,9,12,14H,4,7-8,10,16H2,1-3H3. The molecule has 0 saturated carbocycles. The molecule has 2 rings (SSSR count). The monoisotopic (exact) mass is 312 g/mol. The number of hydrogen-bond acceptors (Lipinski definition) is 4. The smallest absolute Gasteiger partial charge is 0.243 e. The highest BCUT2D eigenvalue weighted by molar-refractivity contribution is 7.89. The van der Waals surface area contributed by atoms with E-state index in [9.17, 15) is 8.42 Å². The SMILES string of the molecule is CCOc1ccc(S(=O)(=O)N2CCC(N)C(C)C2)cc1C. The second-order valence-electron chi connectivity index (χ2n) is 5.65. The molecule has 0 bridgehead atoms. The summed E-state index contributed by atoms with van der Waals surface area (Å²) in [7, 11) is -3.45. The maximum absolute atomic E-state index is 12.7. The molecule has 0 aliphatic carbocycles. The van der Waals surface area contributed by atoms with E-state index in [0.29, 0.717) is 31.0 Å². The van der Waals surface area contributed by atoms with Gasteiger partial charge in [0.05, 0.1) is 11.5 Å². The Morgan fingerprint density at radius 3 is 2.71 bits per heavy atom. The fourth-order valence-corrected chi connectivity index (χ4v) is 4.23. The van der Waals surface area contributed by atoms with Gasteiger partial charge >= 0.3 is 0 Å². The van der Waals surface area contributed by atoms with Gasteiger partial charge in [-0.15, -0.1) is 0 Å². The molecule has 21 heavy (non-hydrogen) atoms. The minimum absolute atomic E-state index is 0.0820. The van der Waals surface area contributed by atoms with Gasteiger partial charge in [-0.25, -0.2) is 8.42 Å². The van der Waals surface area contributed by atoms with E-state index in [1.165, 1.54) is 4.31 Å². The first-order chi connectivity index (χ1) is 9.86. The van der Waals surface area contributed by atoms with Gasteiger partial charge in [-0.2, -0.15) is 4.31 Å². The molecule has 0 aromatic heterocycles. The number of nitrogens with zero attached hydrogens (tertiary/aromatic N) is 1. The van der Waals surface area contributed by atoms with E-state index in [1.54, 1.807) is 18.2 Å². The lowest BCUT2D eigenvalue weighted by Gasteiger charge is -2.34. The van der Waals surface area contributed by atoms with Crippen molar-refractivity contribution in [3.05, 3.63) is 23.8 Å². The van der Waals surface area contributed by atoms with E-state index in [0.717, 1.165) is 11.3 Å². The number of benzene rings is 1. The van der Waals surface area contributed by atoms with E-state index in [-0.39, 0.29) is 12.0 Å². The molecule has 118 valence electrons. The number of ether oxygens (including phenoxy) is 1. The minimum Gasteiger partial charge on any atom is -0.494 e. The van der Waals surface area contributed by atoms with E-state index in [2.05, 4.69) is 0 Å². The first-order valence-electron chi connectivity index (χ1n) is 7.35. The predicted molar refractivity (Wildman–Crippen MR) is 82.9 cm³/mol. The molecule has 0 spiro atoms. The highest BCUT2D eigenvalue weighted by atomic mass is 32.2. The lowest BCUT2D eigenvalue weighted by molar-refractivity contribution is 0.250. The van der Waals surface area contributed by atoms with Crippen LogP contribution in [0.4, 0.5) is 0 Å². The molecule has 2 N–H and O–H groups in total. The van der Waals surface area contributed by atoms with Crippen LogP contribution in [0.1, 0.15) is 25.8 Å². The predicted octanol–water partition coefficient (Wildman–Crippen LogP) is 1.75. The summed E-state index contributed by atoms with van der Waals surface area (Å²) in [6, 6.07) is 5.11. The van der Waals surface area contributed by atoms with Crippen LogP contribution in [0, 0.1) is 12.8 Å². The Labute approximate surface area is 127 Å². The minimum atomic E-state index is -3.45. The lowest BCUT2D eigenvalue weighted by Crippen LogP contribution is -2.48. The van der Waals surface area contributed by atoms with Crippen molar-refractivity contribution in [1.82, 2.24) is 4.31 Å². The molecule has 2 atom stereocenters. The molecule has 0 amide bonds. The van der Waals surface area contributed by atoms with Crippen molar-refractivity contribution in [2.75, 3.05) is 19.7 Å². The molecule has 1 aliphatic rings. The molecular weight excluding hydrogens is 288 g/mol. The highest BCUT2D eigenvalue weighted by Gasteiger charge is 2.32. The number of nitrogens with two attached hydrogens (primary N) is 1. The molecule has 2 unspecified atom stereocenters. The van der Waals surface area contributed by atoms with Crippen LogP contribution in [-0.2, 0) is 10.0 Å². The lowest BCUT2D eigenvalue weighted by atomic mass is 9.96. The van der Waals surface area contributed by atoms with Gasteiger partial charge in [0.15, 0.2) is 0 Å². The van der Waals surface area contributed by atoms with Crippen molar-refractivity contribution in [3.63, 3.8) is 0 Å². The Kier molecular flexibility index (Phi) is 4.91. The van der Waals surface area contributed by atoms with Crippen molar-refractivity contribution >= 4 is 10.0 Å². The molecule has 5 nitrogen and oxygen atoms in total. The average Bonchev–Trinajstić information content (AvgIpc) is 2.44. The van der Waals surface area contributed by atoms with Crippen LogP contribution in [0.25, 0.3) is 0 Å². The van der Waals surface area contributed by atoms with Gasteiger partial charge in [0.1, 0.15) is 5.75 Å². The summed E-state index contributed by atoms with van der Waals surface area (Å²) in [4.78, 5) is 0.325. The van der Waals surface area contributed by atoms with E-state index < -0.39 is 10.0 Å². The van der Waals surface area contributed by atoms with Crippen molar-refractivity contribution in [1.29, 1.82) is 0 Å². The number of aryl methyl sites for hydroxylation is 1. The van der Waals surface area contributed by atoms with Crippen LogP contribution in [-0.4, -0.2) is 38.5 Å². The fourth-order valence-electron chi connectivity index (χ4n) is 2.59. The Hall–Kier alpha value is -1.11. The highest BCUT2D eigenvalue weighted by Crippen LogP contribution is 2.26. The third kappa shape index (κ3) is 3.39. The van der Waals surface area contributed by atoms with Crippen LogP contribution in [0.2, 0.25) is 0 Å². The molecule has 1 heterocycles. The zero-order valence-electron chi connectivity index (χ0n) is 12.9. The third-order valence-electron chi connectivity index (χ3n) is 4.02. The summed E-state index contributed by atoms with van der Waals surface area (Å²) in [5, 5.41) is 0. The summed E-state index contributed by atoms with van der Waals surface area (Å²) < 4.78 is 32.4. The topological polar surface area (TPSA) is 72.6 Å². The molecule has 6 heteroatoms. The molecule has 1 fully saturated rings. The zero-order chi connectivity index (χ0) is 15.6. The Morgan fingerprint density at radius 1 is 1.43 bits per heavy atom. The number of hydrogen-bond donors (Lipinski definition) is 1. The van der Waals surface area contributed by atoms with E-state index >= 15 is 0 Å². The second-order valence-corrected chi connectivity index (χ2v) is 7.59. The molecule has 1 aromatic carbocycles. The first-order valence-corrected chi connectivity index (χ1v) is 8.79. The summed E-state index contributed by atoms with van der Waals surface area (Å²) in [6.45, 7) is 7.29. The van der Waals surface area contributed by atoms with Gasteiger partial charge in [0.25, 0.3) is 0 Å². The van der Waals surface area contributed by atoms with Gasteiger partial charge in [-0.3, -0.25) is 0 Å². The number of rotatable bonds is 4. The third-order valence-corrected chi connectivity index (χ3v) is 5.88. The van der Waals surface area contributed by atoms with Crippen LogP contribution < -0.4 is 10.5 Å². The average molecular weight is 312 g/mol. The van der Waals surface area contributed by atoms with Crippen LogP contribution in [0.15, 0.2) is 23.1 Å². The summed E-state index contributed by atoms with van der Waals surface area (Å²) in [6.07, 6.45) is 0.705. The molecule has 1 aliphatic heterocycles. The normalized spacial score (nSPS) is 24.0. The van der Waals surface area contributed by atoms with Crippen molar-refractivity contribution in [2.24, 2.45) is 11.7 Å². The van der Waals surface area contributed by atoms with Crippen LogP contribution in [0.3, 0.4) is 0 Å². The summed E-state index contributed by atoms with van der Waals surface area (Å²) in [5.74, 6) is 0.905. The van der Waals surface area contributed by atoms with Gasteiger partial charge in [0.2, 0.25) is 10.0 Å². The van der Waals surface area contributed by atoms with Gasteiger partial charge in [-0.05, 0) is 49.9 Å². The van der Waals surface area contributed by atoms with Crippen molar-refractivity contribution in [3.8, 4) is 5.75 Å². The van der Waals surface area contributed by atoms with Crippen molar-refractivity contribution in [2.45, 2.75) is 38.1 Å². The molecule has 1 saturated heterocycles. The Bertz CT molecular complexity index is 601. The fraction of sp³-hybridized carbons (Fsp3) is 0.600. The van der Waals surface area contributed by atoms with Crippen molar-refractivity contribution < 1.29 is 13.2 Å². The quantitative estimate of drug-likeness (QED) is 0.919. The Balaban J connectivity index is 2.25. The second kappa shape index (κ2) is 6.34. The molecule has 0 radical (unpaired) electrons. The first kappa shape index (κ1) is 16.3. The zero-order valence-corrected chi connectivity index (χ0v) is 13.7. The van der Waals surface area contributed by atoms with Gasteiger partial charge in [-0.1, -0.05) is 6.92 Å². The summed E-state index contributed by atoms with van der Waals surface area (Å²) >= 11 is 0. The number of piperidine rings is 1. The van der Waals surface area contributed by atoms with Gasteiger partial charge < -0.3 is 10.5 Å².